The van der Waals surface area contributed by atoms with Crippen molar-refractivity contribution in [3.8, 4) is 5.75 Å². The molecule has 0 spiro atoms. The third-order valence-corrected chi connectivity index (χ3v) is 6.81. The highest BCUT2D eigenvalue weighted by Crippen LogP contribution is 2.43. The second-order valence-electron chi connectivity index (χ2n) is 7.77. The van der Waals surface area contributed by atoms with Crippen LogP contribution >= 0.6 is 24.0 Å². The summed E-state index contributed by atoms with van der Waals surface area (Å²) >= 11 is 7.38. The van der Waals surface area contributed by atoms with Crippen molar-refractivity contribution in [2.24, 2.45) is 0 Å². The lowest BCUT2D eigenvalue weighted by molar-refractivity contribution is 0.383. The maximum atomic E-state index is 6.37. The van der Waals surface area contributed by atoms with E-state index in [4.69, 9.17) is 21.4 Å². The number of anilines is 1. The lowest BCUT2D eigenvalue weighted by Gasteiger charge is -2.26. The number of aromatic nitrogens is 1. The van der Waals surface area contributed by atoms with Crippen molar-refractivity contribution < 1.29 is 9.15 Å². The third-order valence-electron chi connectivity index (χ3n) is 5.56. The van der Waals surface area contributed by atoms with Gasteiger partial charge >= 0.3 is 0 Å². The molecule has 5 nitrogen and oxygen atoms in total. The number of hydrogen-bond donors (Lipinski definition) is 1. The zero-order valence-electron chi connectivity index (χ0n) is 18.3. The van der Waals surface area contributed by atoms with E-state index in [-0.39, 0.29) is 12.1 Å². The molecule has 1 aliphatic heterocycles. The Morgan fingerprint density at radius 1 is 1.03 bits per heavy atom. The summed E-state index contributed by atoms with van der Waals surface area (Å²) in [4.78, 5) is 7.81. The Kier molecular flexibility index (Phi) is 6.07. The molecular weight excluding hydrogens is 450 g/mol. The number of pyridine rings is 1. The van der Waals surface area contributed by atoms with Gasteiger partial charge < -0.3 is 19.4 Å². The molecule has 166 valence electrons. The minimum atomic E-state index is -0.202. The molecule has 2 aromatic heterocycles. The van der Waals surface area contributed by atoms with Gasteiger partial charge in [0.05, 0.1) is 18.8 Å². The van der Waals surface area contributed by atoms with Crippen LogP contribution in [-0.4, -0.2) is 17.2 Å². The van der Waals surface area contributed by atoms with E-state index in [1.807, 2.05) is 54.6 Å². The van der Waals surface area contributed by atoms with E-state index in [0.29, 0.717) is 5.11 Å². The molecule has 5 rings (SSSR count). The topological polar surface area (TPSA) is 50.5 Å². The van der Waals surface area contributed by atoms with Gasteiger partial charge in [0, 0.05) is 22.8 Å². The van der Waals surface area contributed by atoms with E-state index < -0.39 is 0 Å². The normalized spacial score (nSPS) is 17.8. The molecule has 1 saturated heterocycles. The first-order valence-corrected chi connectivity index (χ1v) is 11.8. The van der Waals surface area contributed by atoms with E-state index in [2.05, 4.69) is 46.4 Å². The highest BCUT2D eigenvalue weighted by Gasteiger charge is 2.42. The molecule has 3 heterocycles. The van der Waals surface area contributed by atoms with E-state index in [9.17, 15) is 0 Å². The Bertz CT molecular complexity index is 1260. The number of benzene rings is 2. The molecule has 0 bridgehead atoms. The Labute approximate surface area is 202 Å². The molecule has 1 fully saturated rings. The molecular formula is C26H23N3O2S2. The maximum Gasteiger partial charge on any atom is 0.174 e. The number of nitrogens with one attached hydrogen (secondary N) is 1. The molecule has 1 N–H and O–H groups in total. The summed E-state index contributed by atoms with van der Waals surface area (Å²) in [5.41, 5.74) is 3.07. The zero-order chi connectivity index (χ0) is 22.8. The van der Waals surface area contributed by atoms with Crippen LogP contribution < -0.4 is 15.0 Å². The van der Waals surface area contributed by atoms with Crippen molar-refractivity contribution in [2.75, 3.05) is 12.0 Å². The van der Waals surface area contributed by atoms with Crippen LogP contribution in [0.1, 0.15) is 29.1 Å². The maximum absolute atomic E-state index is 6.37. The first-order valence-electron chi connectivity index (χ1n) is 10.6. The molecule has 4 aromatic rings. The van der Waals surface area contributed by atoms with Crippen molar-refractivity contribution in [3.63, 3.8) is 0 Å². The van der Waals surface area contributed by atoms with E-state index in [0.717, 1.165) is 32.9 Å². The fraction of sp³-hybridized carbons (Fsp3) is 0.154. The molecule has 7 heteroatoms. The minimum absolute atomic E-state index is 0.159. The van der Waals surface area contributed by atoms with Gasteiger partial charge in [-0.15, -0.1) is 0 Å². The first-order chi connectivity index (χ1) is 16.1. The molecule has 2 unspecified atom stereocenters. The van der Waals surface area contributed by atoms with Crippen LogP contribution in [-0.2, 0) is 0 Å². The second kappa shape index (κ2) is 9.29. The molecule has 1 aliphatic rings. The zero-order valence-corrected chi connectivity index (χ0v) is 19.9. The number of nitrogens with zero attached hydrogens (tertiary/aromatic N) is 2. The largest absolute Gasteiger partial charge is 0.497 e. The Morgan fingerprint density at radius 2 is 1.88 bits per heavy atom. The molecule has 0 aliphatic carbocycles. The second-order valence-corrected chi connectivity index (χ2v) is 9.23. The van der Waals surface area contributed by atoms with Crippen molar-refractivity contribution >= 4 is 34.8 Å². The molecule has 0 amide bonds. The average molecular weight is 474 g/mol. The quantitative estimate of drug-likeness (QED) is 0.329. The summed E-state index contributed by atoms with van der Waals surface area (Å²) in [6.45, 7) is 2.08. The van der Waals surface area contributed by atoms with Gasteiger partial charge in [-0.05, 0) is 67.7 Å². The molecule has 0 radical (unpaired) electrons. The van der Waals surface area contributed by atoms with Gasteiger partial charge in [0.2, 0.25) is 0 Å². The summed E-state index contributed by atoms with van der Waals surface area (Å²) in [5, 5.41) is 4.91. The van der Waals surface area contributed by atoms with Gasteiger partial charge in [-0.25, -0.2) is 0 Å². The summed E-state index contributed by atoms with van der Waals surface area (Å²) in [5.74, 6) is 1.58. The smallest absolute Gasteiger partial charge is 0.174 e. The van der Waals surface area contributed by atoms with E-state index >= 15 is 0 Å². The molecule has 33 heavy (non-hydrogen) atoms. The van der Waals surface area contributed by atoms with E-state index in [1.165, 1.54) is 5.56 Å². The summed E-state index contributed by atoms with van der Waals surface area (Å²) in [6.07, 6.45) is 1.80. The number of aryl methyl sites for hydroxylation is 1. The van der Waals surface area contributed by atoms with Crippen molar-refractivity contribution in [1.29, 1.82) is 0 Å². The first kappa shape index (κ1) is 21.6. The van der Waals surface area contributed by atoms with Gasteiger partial charge in [-0.3, -0.25) is 4.98 Å². The predicted octanol–water partition coefficient (Wildman–Crippen LogP) is 6.32. The summed E-state index contributed by atoms with van der Waals surface area (Å²) < 4.78 is 11.8. The number of furan rings is 1. The number of methoxy groups -OCH3 is 1. The van der Waals surface area contributed by atoms with Crippen molar-refractivity contribution in [2.45, 2.75) is 29.0 Å². The Balaban J connectivity index is 1.53. The highest BCUT2D eigenvalue weighted by molar-refractivity contribution is 7.99. The highest BCUT2D eigenvalue weighted by atomic mass is 32.2. The van der Waals surface area contributed by atoms with Gasteiger partial charge in [0.1, 0.15) is 17.6 Å². The van der Waals surface area contributed by atoms with E-state index in [1.54, 1.807) is 25.1 Å². The molecule has 2 atom stereocenters. The lowest BCUT2D eigenvalue weighted by Crippen LogP contribution is -2.29. The van der Waals surface area contributed by atoms with Crippen LogP contribution in [0.15, 0.2) is 99.5 Å². The van der Waals surface area contributed by atoms with Crippen molar-refractivity contribution in [3.05, 3.63) is 102 Å². The van der Waals surface area contributed by atoms with Gasteiger partial charge in [0.25, 0.3) is 0 Å². The van der Waals surface area contributed by atoms with Crippen LogP contribution in [0.5, 0.6) is 5.75 Å². The number of ether oxygens (including phenoxy) is 1. The van der Waals surface area contributed by atoms with Crippen LogP contribution in [0, 0.1) is 6.92 Å². The van der Waals surface area contributed by atoms with Gasteiger partial charge in [0.15, 0.2) is 10.2 Å². The molecule has 0 saturated carbocycles. The standard InChI is InChI=1S/C26H23N3O2S2/c1-17-9-11-20(12-10-17)33-23-14-13-22(31-23)25-24(21-8-3-4-15-27-21)28-26(32)29(25)18-6-5-7-19(16-18)30-2/h3-16,24-25H,1-2H3,(H,28,32). The monoisotopic (exact) mass is 473 g/mol. The van der Waals surface area contributed by atoms with Crippen molar-refractivity contribution in [1.82, 2.24) is 10.3 Å². The van der Waals surface area contributed by atoms with Crippen LogP contribution in [0.2, 0.25) is 0 Å². The lowest BCUT2D eigenvalue weighted by atomic mass is 10.0. The SMILES string of the molecule is COc1cccc(N2C(=S)NC(c3ccccn3)C2c2ccc(Sc3ccc(C)cc3)o2)c1. The van der Waals surface area contributed by atoms with Crippen LogP contribution in [0.4, 0.5) is 5.69 Å². The number of rotatable bonds is 6. The van der Waals surface area contributed by atoms with Gasteiger partial charge in [-0.1, -0.05) is 41.6 Å². The predicted molar refractivity (Wildman–Crippen MR) is 135 cm³/mol. The number of thiocarbonyl (C=S) groups is 1. The minimum Gasteiger partial charge on any atom is -0.497 e. The Hall–Kier alpha value is -3.29. The fourth-order valence-corrected chi connectivity index (χ4v) is 5.08. The number of hydrogen-bond acceptors (Lipinski definition) is 5. The average Bonchev–Trinajstić information content (AvgIpc) is 3.45. The molecule has 2 aromatic carbocycles. The van der Waals surface area contributed by atoms with Crippen LogP contribution in [0.3, 0.4) is 0 Å². The van der Waals surface area contributed by atoms with Gasteiger partial charge in [-0.2, -0.15) is 0 Å². The Morgan fingerprint density at radius 3 is 2.64 bits per heavy atom. The fourth-order valence-electron chi connectivity index (χ4n) is 3.95. The third kappa shape index (κ3) is 4.47. The summed E-state index contributed by atoms with van der Waals surface area (Å²) in [7, 11) is 1.66. The summed E-state index contributed by atoms with van der Waals surface area (Å²) in [6, 6.07) is 25.9. The van der Waals surface area contributed by atoms with Crippen LogP contribution in [0.25, 0.3) is 0 Å².